The quantitative estimate of drug-likeness (QED) is 0.358. The predicted octanol–water partition coefficient (Wildman–Crippen LogP) is 0.0544. The summed E-state index contributed by atoms with van der Waals surface area (Å²) in [4.78, 5) is 2.16. The van der Waals surface area contributed by atoms with Crippen LogP contribution in [0.2, 0.25) is 0 Å². The van der Waals surface area contributed by atoms with E-state index in [9.17, 15) is 0 Å². The number of rotatable bonds is 2. The Morgan fingerprint density at radius 2 is 2.43 bits per heavy atom. The van der Waals surface area contributed by atoms with Gasteiger partial charge in [0.05, 0.1) is 0 Å². The Morgan fingerprint density at radius 1 is 1.86 bits per heavy atom. The monoisotopic (exact) mass is 121 g/mol. The molecular weight excluding hydrogens is 114 g/mol. The van der Waals surface area contributed by atoms with Crippen molar-refractivity contribution < 1.29 is 0 Å². The van der Waals surface area contributed by atoms with E-state index in [0.29, 0.717) is 5.70 Å². The van der Waals surface area contributed by atoms with Gasteiger partial charge in [0, 0.05) is 11.9 Å². The Hall–Kier alpha value is -0.410. The molecule has 4 heteroatoms. The number of nitrogens with one attached hydrogen (secondary N) is 2. The number of hydrogen-bond donors (Lipinski definition) is 3. The van der Waals surface area contributed by atoms with Crippen LogP contribution in [0.15, 0.2) is 11.9 Å². The summed E-state index contributed by atoms with van der Waals surface area (Å²) in [5, 5.41) is 0. The lowest BCUT2D eigenvalue weighted by Gasteiger charge is -1.91. The van der Waals surface area contributed by atoms with Crippen LogP contribution in [-0.2, 0) is 0 Å². The Morgan fingerprint density at radius 3 is 2.57 bits per heavy atom. The molecule has 3 nitrogen and oxygen atoms in total. The second-order valence-corrected chi connectivity index (χ2v) is 1.32. The third-order valence-electron chi connectivity index (χ3n) is 0.354. The summed E-state index contributed by atoms with van der Waals surface area (Å²) < 4.78 is 0. The molecule has 0 aliphatic heterocycles. The van der Waals surface area contributed by atoms with Crippen LogP contribution in [-0.4, -0.2) is 0 Å². The minimum atomic E-state index is 0.674. The topological polar surface area (TPSA) is 50.1 Å². The van der Waals surface area contributed by atoms with Crippen molar-refractivity contribution in [3.05, 3.63) is 11.9 Å². The van der Waals surface area contributed by atoms with Crippen LogP contribution in [0.1, 0.15) is 6.92 Å². The van der Waals surface area contributed by atoms with Gasteiger partial charge in [-0.05, 0) is 18.7 Å². The molecule has 42 valence electrons. The van der Waals surface area contributed by atoms with Gasteiger partial charge in [-0.1, -0.05) is 0 Å². The Balaban J connectivity index is 3.08. The molecule has 0 rings (SSSR count). The van der Waals surface area contributed by atoms with Gasteiger partial charge >= 0.3 is 0 Å². The molecule has 0 aromatic carbocycles. The third kappa shape index (κ3) is 5.59. The van der Waals surface area contributed by atoms with E-state index in [0.717, 1.165) is 0 Å². The first-order valence-electron chi connectivity index (χ1n) is 1.81. The SMILES string of the molecule is C/C(N)=C\NNCl. The van der Waals surface area contributed by atoms with Gasteiger partial charge in [0.1, 0.15) is 0 Å². The van der Waals surface area contributed by atoms with Crippen molar-refractivity contribution in [1.82, 2.24) is 10.4 Å². The zero-order valence-electron chi connectivity index (χ0n) is 4.03. The molecule has 0 saturated carbocycles. The van der Waals surface area contributed by atoms with Gasteiger partial charge in [-0.3, -0.25) is 0 Å². The van der Waals surface area contributed by atoms with Crippen molar-refractivity contribution in [1.29, 1.82) is 0 Å². The molecule has 0 amide bonds. The average Bonchev–Trinajstić information content (AvgIpc) is 1.61. The van der Waals surface area contributed by atoms with Crippen LogP contribution in [0.25, 0.3) is 0 Å². The highest BCUT2D eigenvalue weighted by Gasteiger charge is 1.69. The molecular formula is C3H8ClN3. The van der Waals surface area contributed by atoms with Gasteiger partial charge in [0.25, 0.3) is 0 Å². The highest BCUT2D eigenvalue weighted by atomic mass is 35.5. The number of hydrazine groups is 1. The third-order valence-corrected chi connectivity index (χ3v) is 0.464. The van der Waals surface area contributed by atoms with Crippen LogP contribution >= 0.6 is 11.8 Å². The van der Waals surface area contributed by atoms with Crippen LogP contribution in [0.3, 0.4) is 0 Å². The largest absolute Gasteiger partial charge is 0.401 e. The van der Waals surface area contributed by atoms with E-state index in [1.807, 2.05) is 0 Å². The lowest BCUT2D eigenvalue weighted by atomic mass is 10.6. The van der Waals surface area contributed by atoms with Gasteiger partial charge in [0.2, 0.25) is 0 Å². The van der Waals surface area contributed by atoms with Crippen LogP contribution in [0.5, 0.6) is 0 Å². The molecule has 0 bridgehead atoms. The zero-order chi connectivity index (χ0) is 5.70. The van der Waals surface area contributed by atoms with Crippen LogP contribution in [0.4, 0.5) is 0 Å². The van der Waals surface area contributed by atoms with E-state index in [1.165, 1.54) is 0 Å². The van der Waals surface area contributed by atoms with Crippen LogP contribution < -0.4 is 16.1 Å². The first kappa shape index (κ1) is 6.59. The van der Waals surface area contributed by atoms with Crippen molar-refractivity contribution in [2.24, 2.45) is 5.73 Å². The lowest BCUT2D eigenvalue weighted by molar-refractivity contribution is 0.849. The maximum Gasteiger partial charge on any atom is 0.0323 e. The normalized spacial score (nSPS) is 11.4. The van der Waals surface area contributed by atoms with Gasteiger partial charge in [-0.25, -0.2) is 0 Å². The van der Waals surface area contributed by atoms with E-state index in [4.69, 9.17) is 17.5 Å². The van der Waals surface area contributed by atoms with E-state index >= 15 is 0 Å². The predicted molar refractivity (Wildman–Crippen MR) is 30.1 cm³/mol. The molecule has 0 atom stereocenters. The molecule has 0 heterocycles. The van der Waals surface area contributed by atoms with Crippen molar-refractivity contribution in [2.75, 3.05) is 0 Å². The van der Waals surface area contributed by atoms with Crippen molar-refractivity contribution in [3.63, 3.8) is 0 Å². The van der Waals surface area contributed by atoms with E-state index < -0.39 is 0 Å². The molecule has 0 spiro atoms. The van der Waals surface area contributed by atoms with Gasteiger partial charge in [0.15, 0.2) is 0 Å². The van der Waals surface area contributed by atoms with Crippen LogP contribution in [0, 0.1) is 0 Å². The van der Waals surface area contributed by atoms with E-state index in [-0.39, 0.29) is 0 Å². The van der Waals surface area contributed by atoms with E-state index in [1.54, 1.807) is 13.1 Å². The number of halogens is 1. The number of hydrogen-bond acceptors (Lipinski definition) is 3. The molecule has 0 aliphatic carbocycles. The van der Waals surface area contributed by atoms with E-state index in [2.05, 4.69) is 10.4 Å². The summed E-state index contributed by atoms with van der Waals surface area (Å²) in [5.41, 5.74) is 8.33. The fourth-order valence-corrected chi connectivity index (χ4v) is 0.196. The molecule has 0 radical (unpaired) electrons. The Labute approximate surface area is 47.6 Å². The summed E-state index contributed by atoms with van der Waals surface area (Å²) >= 11 is 4.98. The summed E-state index contributed by atoms with van der Waals surface area (Å²) in [6, 6.07) is 0. The summed E-state index contributed by atoms with van der Waals surface area (Å²) in [6.07, 6.45) is 1.55. The fraction of sp³-hybridized carbons (Fsp3) is 0.333. The summed E-state index contributed by atoms with van der Waals surface area (Å²) in [7, 11) is 0. The standard InChI is InChI=1S/C3H8ClN3/c1-3(5)2-6-7-4/h2,6-7H,5H2,1H3/b3-2+. The van der Waals surface area contributed by atoms with Crippen molar-refractivity contribution >= 4 is 11.8 Å². The highest BCUT2D eigenvalue weighted by Crippen LogP contribution is 1.70. The van der Waals surface area contributed by atoms with Gasteiger partial charge in [-0.15, -0.1) is 4.94 Å². The molecule has 0 saturated heterocycles. The Kier molecular flexibility index (Phi) is 3.55. The minimum Gasteiger partial charge on any atom is -0.401 e. The Bertz CT molecular complexity index is 66.6. The molecule has 7 heavy (non-hydrogen) atoms. The second-order valence-electron chi connectivity index (χ2n) is 1.13. The molecule has 4 N–H and O–H groups in total. The molecule has 0 aromatic heterocycles. The first-order chi connectivity index (χ1) is 3.27. The van der Waals surface area contributed by atoms with Gasteiger partial charge in [-0.2, -0.15) is 0 Å². The highest BCUT2D eigenvalue weighted by molar-refractivity contribution is 6.13. The fourth-order valence-electron chi connectivity index (χ4n) is 0.141. The van der Waals surface area contributed by atoms with Crippen molar-refractivity contribution in [3.8, 4) is 0 Å². The number of nitrogens with two attached hydrogens (primary N) is 1. The maximum absolute atomic E-state index is 5.18. The molecule has 0 aliphatic rings. The van der Waals surface area contributed by atoms with Gasteiger partial charge < -0.3 is 11.2 Å². The minimum absolute atomic E-state index is 0.674. The zero-order valence-corrected chi connectivity index (χ0v) is 4.79. The summed E-state index contributed by atoms with van der Waals surface area (Å²) in [5.74, 6) is 0. The maximum atomic E-state index is 5.18. The molecule has 0 unspecified atom stereocenters. The second kappa shape index (κ2) is 3.77. The average molecular weight is 122 g/mol. The molecule has 0 fully saturated rings. The number of allylic oxidation sites excluding steroid dienone is 1. The lowest BCUT2D eigenvalue weighted by Crippen LogP contribution is -2.16. The molecule has 0 aromatic rings. The van der Waals surface area contributed by atoms with Crippen molar-refractivity contribution in [2.45, 2.75) is 6.92 Å². The first-order valence-corrected chi connectivity index (χ1v) is 2.18. The smallest absolute Gasteiger partial charge is 0.0323 e. The summed E-state index contributed by atoms with van der Waals surface area (Å²) in [6.45, 7) is 1.75.